The van der Waals surface area contributed by atoms with Crippen LogP contribution >= 0.6 is 15.9 Å². The second kappa shape index (κ2) is 12.9. The zero-order chi connectivity index (χ0) is 39.4. The third-order valence-corrected chi connectivity index (χ3v) is 6.85. The SMILES string of the molecule is FC(F)(F)C(OCC(CBr)(COC(C(F)(F)F)(C(F)(F)F)C(F)(F)F)COC(C(F)(F)F)(C(F)(F)F)C(F)(F)F)(C(F)(F)F)C(F)(F)F. The van der Waals surface area contributed by atoms with Crippen molar-refractivity contribution in [2.24, 2.45) is 5.41 Å². The van der Waals surface area contributed by atoms with Gasteiger partial charge < -0.3 is 14.2 Å². The molecular formula is C17H8BrF27O3. The summed E-state index contributed by atoms with van der Waals surface area (Å²) in [4.78, 5) is 0. The Labute approximate surface area is 252 Å². The van der Waals surface area contributed by atoms with Crippen LogP contribution in [-0.4, -0.2) is 97.5 Å². The molecule has 0 heterocycles. The normalized spacial score (nSPS) is 16.5. The number of hydrogen-bond acceptors (Lipinski definition) is 3. The van der Waals surface area contributed by atoms with Crippen LogP contribution in [-0.2, 0) is 14.2 Å². The Bertz CT molecular complexity index is 822. The van der Waals surface area contributed by atoms with E-state index >= 15 is 0 Å². The minimum atomic E-state index is -7.97. The Kier molecular flexibility index (Phi) is 12.5. The van der Waals surface area contributed by atoms with Crippen molar-refractivity contribution in [3.63, 3.8) is 0 Å². The minimum absolute atomic E-state index is 1.56. The summed E-state index contributed by atoms with van der Waals surface area (Å²) in [5.74, 6) is 0. The van der Waals surface area contributed by atoms with Crippen LogP contribution in [0.3, 0.4) is 0 Å². The molecule has 0 radical (unpaired) electrons. The number of ether oxygens (including phenoxy) is 3. The van der Waals surface area contributed by atoms with Gasteiger partial charge in [-0.15, -0.1) is 0 Å². The minimum Gasteiger partial charge on any atom is -0.350 e. The van der Waals surface area contributed by atoms with E-state index in [1.54, 1.807) is 15.9 Å². The fourth-order valence-corrected chi connectivity index (χ4v) is 3.69. The van der Waals surface area contributed by atoms with Crippen LogP contribution in [0.15, 0.2) is 0 Å². The van der Waals surface area contributed by atoms with Crippen LogP contribution in [0, 0.1) is 5.41 Å². The highest BCUT2D eigenvalue weighted by Gasteiger charge is 2.88. The maximum atomic E-state index is 13.2. The molecule has 48 heavy (non-hydrogen) atoms. The van der Waals surface area contributed by atoms with Gasteiger partial charge in [-0.05, 0) is 0 Å². The Balaban J connectivity index is 7.93. The van der Waals surface area contributed by atoms with E-state index in [2.05, 4.69) is 14.2 Å². The molecule has 0 saturated heterocycles. The average molecular weight is 853 g/mol. The Morgan fingerprint density at radius 3 is 0.479 bits per heavy atom. The predicted octanol–water partition coefficient (Wildman–Crippen LogP) is 9.69. The van der Waals surface area contributed by atoms with Crippen LogP contribution in [0.2, 0.25) is 0 Å². The number of hydrogen-bond donors (Lipinski definition) is 0. The van der Waals surface area contributed by atoms with E-state index in [0.717, 1.165) is 0 Å². The van der Waals surface area contributed by atoms with Crippen LogP contribution in [0.4, 0.5) is 119 Å². The average Bonchev–Trinajstić information content (AvgIpc) is 2.70. The molecule has 0 aliphatic heterocycles. The van der Waals surface area contributed by atoms with Gasteiger partial charge in [0.1, 0.15) is 0 Å². The molecule has 0 aromatic rings. The molecular weight excluding hydrogens is 845 g/mol. The first-order chi connectivity index (χ1) is 20.4. The summed E-state index contributed by atoms with van der Waals surface area (Å²) < 4.78 is 364. The van der Waals surface area contributed by atoms with Crippen molar-refractivity contribution in [1.82, 2.24) is 0 Å². The van der Waals surface area contributed by atoms with Crippen LogP contribution in [0.25, 0.3) is 0 Å². The summed E-state index contributed by atoms with van der Waals surface area (Å²) in [5.41, 5.74) is -28.3. The van der Waals surface area contributed by atoms with E-state index < -0.39 is 103 Å². The third kappa shape index (κ3) is 7.85. The predicted molar refractivity (Wildman–Crippen MR) is 96.8 cm³/mol. The molecule has 0 unspecified atom stereocenters. The summed E-state index contributed by atoms with van der Waals surface area (Å²) >= 11 is 1.56. The van der Waals surface area contributed by atoms with Crippen molar-refractivity contribution in [2.75, 3.05) is 25.2 Å². The summed E-state index contributed by atoms with van der Waals surface area (Å²) in [7, 11) is 0. The van der Waals surface area contributed by atoms with Gasteiger partial charge >= 0.3 is 72.4 Å². The lowest BCUT2D eigenvalue weighted by Gasteiger charge is -2.45. The van der Waals surface area contributed by atoms with Crippen molar-refractivity contribution >= 4 is 15.9 Å². The lowest BCUT2D eigenvalue weighted by Crippen LogP contribution is -2.71. The molecule has 290 valence electrons. The standard InChI is InChI=1S/C17H8BrF27O3/c18-1-5(2-46-6(9(19,20)21,10(22,23)24)11(25,26)27,3-47-7(12(28,29)30,13(31,32)33)14(34,35)36)4-48-8(15(37,38)39,16(40,41)42)17(43,44)45/h1-4H2. The maximum Gasteiger partial charge on any atom is 0.435 e. The van der Waals surface area contributed by atoms with Gasteiger partial charge in [0, 0.05) is 5.33 Å². The molecule has 0 rings (SSSR count). The second-order valence-corrected chi connectivity index (χ2v) is 9.58. The monoisotopic (exact) mass is 852 g/mol. The lowest BCUT2D eigenvalue weighted by atomic mass is 9.90. The summed E-state index contributed by atoms with van der Waals surface area (Å²) in [6.07, 6.45) is -71.7. The lowest BCUT2D eigenvalue weighted by molar-refractivity contribution is -0.473. The van der Waals surface area contributed by atoms with Gasteiger partial charge in [0.25, 0.3) is 0 Å². The molecule has 0 aliphatic carbocycles. The molecule has 0 amide bonds. The highest BCUT2D eigenvalue weighted by Crippen LogP contribution is 2.59. The van der Waals surface area contributed by atoms with Crippen molar-refractivity contribution in [3.05, 3.63) is 0 Å². The van der Waals surface area contributed by atoms with Gasteiger partial charge in [0.05, 0.1) is 25.2 Å². The Hall–Kier alpha value is -1.53. The molecule has 0 bridgehead atoms. The molecule has 0 fully saturated rings. The van der Waals surface area contributed by atoms with Crippen LogP contribution < -0.4 is 0 Å². The third-order valence-electron chi connectivity index (χ3n) is 5.66. The number of alkyl halides is 28. The number of rotatable bonds is 10. The first-order valence-corrected chi connectivity index (χ1v) is 11.6. The van der Waals surface area contributed by atoms with Crippen molar-refractivity contribution in [2.45, 2.75) is 72.4 Å². The molecule has 0 saturated carbocycles. The molecule has 0 spiro atoms. The molecule has 0 aliphatic rings. The van der Waals surface area contributed by atoms with Gasteiger partial charge in [-0.25, -0.2) is 0 Å². The van der Waals surface area contributed by atoms with Crippen molar-refractivity contribution < 1.29 is 133 Å². The van der Waals surface area contributed by atoms with Crippen molar-refractivity contribution in [3.8, 4) is 0 Å². The van der Waals surface area contributed by atoms with Gasteiger partial charge in [-0.2, -0.15) is 119 Å². The second-order valence-electron chi connectivity index (χ2n) is 9.02. The van der Waals surface area contributed by atoms with Crippen LogP contribution in [0.5, 0.6) is 0 Å². The van der Waals surface area contributed by atoms with Gasteiger partial charge in [0.2, 0.25) is 0 Å². The summed E-state index contributed by atoms with van der Waals surface area (Å²) in [6, 6.07) is 0. The molecule has 0 atom stereocenters. The summed E-state index contributed by atoms with van der Waals surface area (Å²) in [5, 5.41) is -2.61. The Morgan fingerprint density at radius 1 is 0.271 bits per heavy atom. The molecule has 0 N–H and O–H groups in total. The molecule has 31 heteroatoms. The fraction of sp³-hybridized carbons (Fsp3) is 1.00. The maximum absolute atomic E-state index is 13.2. The number of halogens is 28. The highest BCUT2D eigenvalue weighted by molar-refractivity contribution is 9.09. The zero-order valence-electron chi connectivity index (χ0n) is 21.1. The Morgan fingerprint density at radius 2 is 0.396 bits per heavy atom. The van der Waals surface area contributed by atoms with Gasteiger partial charge in [0.15, 0.2) is 0 Å². The van der Waals surface area contributed by atoms with Crippen molar-refractivity contribution in [1.29, 1.82) is 0 Å². The zero-order valence-corrected chi connectivity index (χ0v) is 22.7. The fourth-order valence-electron chi connectivity index (χ4n) is 3.21. The smallest absolute Gasteiger partial charge is 0.350 e. The van der Waals surface area contributed by atoms with Gasteiger partial charge in [-0.3, -0.25) is 0 Å². The quantitative estimate of drug-likeness (QED) is 0.162. The first kappa shape index (κ1) is 46.5. The molecule has 3 nitrogen and oxygen atoms in total. The topological polar surface area (TPSA) is 27.7 Å². The van der Waals surface area contributed by atoms with E-state index in [4.69, 9.17) is 0 Å². The summed E-state index contributed by atoms with van der Waals surface area (Å²) in [6.45, 7) is -11.6. The van der Waals surface area contributed by atoms with E-state index in [0.29, 0.717) is 0 Å². The van der Waals surface area contributed by atoms with Crippen LogP contribution in [0.1, 0.15) is 0 Å². The first-order valence-electron chi connectivity index (χ1n) is 10.5. The van der Waals surface area contributed by atoms with E-state index in [1.165, 1.54) is 0 Å². The largest absolute Gasteiger partial charge is 0.435 e. The van der Waals surface area contributed by atoms with E-state index in [-0.39, 0.29) is 0 Å². The molecule has 0 aromatic heterocycles. The molecule has 0 aromatic carbocycles. The van der Waals surface area contributed by atoms with E-state index in [1.807, 2.05) is 0 Å². The van der Waals surface area contributed by atoms with E-state index in [9.17, 15) is 119 Å². The van der Waals surface area contributed by atoms with Gasteiger partial charge in [-0.1, -0.05) is 15.9 Å². The highest BCUT2D eigenvalue weighted by atomic mass is 79.9.